The molecule has 200 valence electrons. The zero-order chi connectivity index (χ0) is 28.0. The summed E-state index contributed by atoms with van der Waals surface area (Å²) in [5.74, 6) is -2.10. The molecule has 6 rings (SSSR count). The number of aliphatic hydroxyl groups is 1. The zero-order valence-electron chi connectivity index (χ0n) is 20.8. The van der Waals surface area contributed by atoms with Crippen molar-refractivity contribution in [1.29, 1.82) is 0 Å². The van der Waals surface area contributed by atoms with E-state index in [0.717, 1.165) is 16.9 Å². The number of carbonyl (C=O) groups excluding carboxylic acids is 2. The van der Waals surface area contributed by atoms with Crippen LogP contribution in [0.3, 0.4) is 0 Å². The Labute approximate surface area is 240 Å². The van der Waals surface area contributed by atoms with Gasteiger partial charge in [-0.05, 0) is 48.4 Å². The Morgan fingerprint density at radius 2 is 1.82 bits per heavy atom. The lowest BCUT2D eigenvalue weighted by Crippen LogP contribution is -2.29. The Kier molecular flexibility index (Phi) is 6.87. The first kappa shape index (κ1) is 26.2. The third-order valence-electron chi connectivity index (χ3n) is 6.47. The van der Waals surface area contributed by atoms with Crippen molar-refractivity contribution in [3.05, 3.63) is 112 Å². The van der Waals surface area contributed by atoms with E-state index in [1.165, 1.54) is 40.9 Å². The number of nitrogens with zero attached hydrogens (tertiary/aromatic N) is 5. The zero-order valence-corrected chi connectivity index (χ0v) is 23.2. The lowest BCUT2D eigenvalue weighted by Gasteiger charge is -2.22. The number of thioether (sulfide) groups is 1. The van der Waals surface area contributed by atoms with Gasteiger partial charge >= 0.3 is 5.91 Å². The third-order valence-corrected chi connectivity index (χ3v) is 8.94. The molecular weight excluding hydrogens is 573 g/mol. The summed E-state index contributed by atoms with van der Waals surface area (Å²) in [4.78, 5) is 32.6. The van der Waals surface area contributed by atoms with E-state index >= 15 is 0 Å². The predicted octanol–water partition coefficient (Wildman–Crippen LogP) is 6.21. The molecule has 1 saturated heterocycles. The Balaban J connectivity index is 1.44. The number of benzene rings is 2. The van der Waals surface area contributed by atoms with E-state index in [2.05, 4.69) is 15.2 Å². The molecule has 0 bridgehead atoms. The number of amides is 1. The van der Waals surface area contributed by atoms with Crippen molar-refractivity contribution < 1.29 is 19.1 Å². The molecule has 1 aliphatic heterocycles. The van der Waals surface area contributed by atoms with Crippen LogP contribution >= 0.6 is 34.7 Å². The normalized spacial score (nSPS) is 16.8. The van der Waals surface area contributed by atoms with Gasteiger partial charge in [0.25, 0.3) is 5.78 Å². The van der Waals surface area contributed by atoms with E-state index < -0.39 is 23.5 Å². The van der Waals surface area contributed by atoms with Crippen LogP contribution in [0.5, 0.6) is 0 Å². The van der Waals surface area contributed by atoms with Crippen molar-refractivity contribution in [1.82, 2.24) is 19.6 Å². The summed E-state index contributed by atoms with van der Waals surface area (Å²) in [5, 5.41) is 20.8. The van der Waals surface area contributed by atoms with Gasteiger partial charge in [-0.15, -0.1) is 10.2 Å². The lowest BCUT2D eigenvalue weighted by atomic mass is 9.96. The first-order valence-electron chi connectivity index (χ1n) is 12.0. The van der Waals surface area contributed by atoms with Crippen LogP contribution < -0.4 is 4.90 Å². The fourth-order valence-electron chi connectivity index (χ4n) is 4.63. The van der Waals surface area contributed by atoms with Crippen LogP contribution in [0, 0.1) is 12.7 Å². The summed E-state index contributed by atoms with van der Waals surface area (Å²) >= 11 is 8.80. The van der Waals surface area contributed by atoms with Crippen LogP contribution in [0.15, 0.2) is 82.8 Å². The number of aromatic nitrogens is 4. The minimum absolute atomic E-state index is 0.147. The Morgan fingerprint density at radius 3 is 2.60 bits per heavy atom. The minimum Gasteiger partial charge on any atom is -0.505 e. The third kappa shape index (κ3) is 4.55. The van der Waals surface area contributed by atoms with Crippen LogP contribution in [-0.4, -0.2) is 36.4 Å². The average molecular weight is 592 g/mol. The van der Waals surface area contributed by atoms with Gasteiger partial charge in [0, 0.05) is 17.0 Å². The largest absolute Gasteiger partial charge is 0.505 e. The van der Waals surface area contributed by atoms with Crippen molar-refractivity contribution in [3.63, 3.8) is 0 Å². The summed E-state index contributed by atoms with van der Waals surface area (Å²) in [7, 11) is 0. The molecule has 1 N–H and O–H groups in total. The van der Waals surface area contributed by atoms with Gasteiger partial charge < -0.3 is 5.11 Å². The second-order valence-corrected chi connectivity index (χ2v) is 11.5. The van der Waals surface area contributed by atoms with Crippen LogP contribution in [0.25, 0.3) is 11.4 Å². The minimum atomic E-state index is -1.07. The highest BCUT2D eigenvalue weighted by Crippen LogP contribution is 2.44. The van der Waals surface area contributed by atoms with Crippen LogP contribution in [0.4, 0.5) is 9.52 Å². The van der Waals surface area contributed by atoms with E-state index in [1.807, 2.05) is 18.2 Å². The molecule has 5 aromatic rings. The molecule has 1 atom stereocenters. The standard InChI is InChI=1S/C28H19ClFN5O3S2/c1-15-22(34-13-5-4-8-20(34)31-15)24(36)21-23(16-9-11-18(30)12-10-16)35(26(38)25(21)37)27-32-33-28(40-27)39-14-17-6-2-3-7-19(17)29/h2-13,23,36H,14H2,1H3. The van der Waals surface area contributed by atoms with Gasteiger partial charge in [0.15, 0.2) is 10.1 Å². The van der Waals surface area contributed by atoms with Gasteiger partial charge in [-0.3, -0.25) is 18.9 Å². The molecule has 4 heterocycles. The summed E-state index contributed by atoms with van der Waals surface area (Å²) in [5.41, 5.74) is 2.52. The number of imidazole rings is 1. The number of hydrogen-bond donors (Lipinski definition) is 1. The Morgan fingerprint density at radius 1 is 1.07 bits per heavy atom. The molecule has 1 unspecified atom stereocenters. The molecule has 1 amide bonds. The highest BCUT2D eigenvalue weighted by molar-refractivity contribution is 8.00. The summed E-state index contributed by atoms with van der Waals surface area (Å²) < 4.78 is 16.1. The van der Waals surface area contributed by atoms with Gasteiger partial charge in [-0.1, -0.05) is 71.1 Å². The lowest BCUT2D eigenvalue weighted by molar-refractivity contribution is -0.132. The van der Waals surface area contributed by atoms with Crippen molar-refractivity contribution in [3.8, 4) is 0 Å². The Hall–Kier alpha value is -4.06. The van der Waals surface area contributed by atoms with Crippen molar-refractivity contribution >= 4 is 62.9 Å². The topological polar surface area (TPSA) is 101 Å². The summed E-state index contributed by atoms with van der Waals surface area (Å²) in [6.07, 6.45) is 1.71. The number of aliphatic hydroxyl groups excluding tert-OH is 1. The van der Waals surface area contributed by atoms with Crippen LogP contribution in [-0.2, 0) is 15.3 Å². The van der Waals surface area contributed by atoms with Crippen molar-refractivity contribution in [2.45, 2.75) is 23.1 Å². The molecular formula is C28H19ClFN5O3S2. The number of carbonyl (C=O) groups is 2. The van der Waals surface area contributed by atoms with Gasteiger partial charge in [0.2, 0.25) is 5.13 Å². The summed E-state index contributed by atoms with van der Waals surface area (Å²) in [6, 6.07) is 17.1. The molecule has 8 nitrogen and oxygen atoms in total. The maximum Gasteiger partial charge on any atom is 0.301 e. The molecule has 0 spiro atoms. The molecule has 0 aliphatic carbocycles. The number of hydrogen-bond acceptors (Lipinski definition) is 8. The number of halogens is 2. The van der Waals surface area contributed by atoms with Crippen LogP contribution in [0.1, 0.15) is 28.6 Å². The quantitative estimate of drug-likeness (QED) is 0.0824. The Bertz CT molecular complexity index is 1820. The van der Waals surface area contributed by atoms with Crippen molar-refractivity contribution in [2.75, 3.05) is 4.90 Å². The molecule has 40 heavy (non-hydrogen) atoms. The van der Waals surface area contributed by atoms with Crippen molar-refractivity contribution in [2.24, 2.45) is 0 Å². The monoisotopic (exact) mass is 591 g/mol. The maximum absolute atomic E-state index is 13.9. The highest BCUT2D eigenvalue weighted by Gasteiger charge is 2.48. The first-order chi connectivity index (χ1) is 19.3. The fourth-order valence-corrected chi connectivity index (χ4v) is 6.78. The molecule has 1 aliphatic rings. The van der Waals surface area contributed by atoms with E-state index in [1.54, 1.807) is 41.8 Å². The second-order valence-electron chi connectivity index (χ2n) is 8.93. The molecule has 0 saturated carbocycles. The smallest absolute Gasteiger partial charge is 0.301 e. The molecule has 2 aromatic carbocycles. The first-order valence-corrected chi connectivity index (χ1v) is 14.2. The second kappa shape index (κ2) is 10.5. The van der Waals surface area contributed by atoms with E-state index in [4.69, 9.17) is 11.6 Å². The number of pyridine rings is 1. The number of ketones is 1. The summed E-state index contributed by atoms with van der Waals surface area (Å²) in [6.45, 7) is 1.71. The molecule has 0 radical (unpaired) electrons. The van der Waals surface area contributed by atoms with Gasteiger partial charge in [-0.2, -0.15) is 0 Å². The predicted molar refractivity (Wildman–Crippen MR) is 152 cm³/mol. The number of Topliss-reactive ketones (excluding diaryl/α,β-unsaturated/α-hetero) is 1. The molecule has 1 fully saturated rings. The van der Waals surface area contributed by atoms with Gasteiger partial charge in [-0.25, -0.2) is 9.37 Å². The van der Waals surface area contributed by atoms with E-state index in [9.17, 15) is 19.1 Å². The van der Waals surface area contributed by atoms with E-state index in [0.29, 0.717) is 32.0 Å². The maximum atomic E-state index is 13.9. The number of anilines is 1. The highest BCUT2D eigenvalue weighted by atomic mass is 35.5. The number of rotatable bonds is 6. The van der Waals surface area contributed by atoms with Crippen LogP contribution in [0.2, 0.25) is 5.02 Å². The number of aryl methyl sites for hydroxylation is 1. The number of fused-ring (bicyclic) bond motifs is 1. The fraction of sp³-hybridized carbons (Fsp3) is 0.107. The average Bonchev–Trinajstić information content (AvgIpc) is 3.62. The SMILES string of the molecule is Cc1nc2ccccn2c1C(O)=C1C(=O)C(=O)N(c2nnc(SCc3ccccc3Cl)s2)C1c1ccc(F)cc1. The van der Waals surface area contributed by atoms with E-state index in [-0.39, 0.29) is 22.2 Å². The molecule has 12 heteroatoms. The molecule has 3 aromatic heterocycles. The van der Waals surface area contributed by atoms with Gasteiger partial charge in [0.05, 0.1) is 17.3 Å². The van der Waals surface area contributed by atoms with Gasteiger partial charge in [0.1, 0.15) is 17.2 Å².